The molecule has 17 heavy (non-hydrogen) atoms. The highest BCUT2D eigenvalue weighted by atomic mass is 19.4. The van der Waals surface area contributed by atoms with Crippen molar-refractivity contribution in [2.24, 2.45) is 0 Å². The maximum atomic E-state index is 13.1. The summed E-state index contributed by atoms with van der Waals surface area (Å²) in [6, 6.07) is 3.74. The quantitative estimate of drug-likeness (QED) is 0.609. The molecule has 0 amide bonds. The molecule has 0 aliphatic rings. The maximum absolute atomic E-state index is 13.1. The minimum Gasteiger partial charge on any atom is -0.286 e. The molecule has 7 heteroatoms. The van der Waals surface area contributed by atoms with Gasteiger partial charge < -0.3 is 0 Å². The van der Waals surface area contributed by atoms with E-state index < -0.39 is 36.4 Å². The van der Waals surface area contributed by atoms with E-state index >= 15 is 0 Å². The number of halogens is 5. The number of alkyl halides is 5. The van der Waals surface area contributed by atoms with Crippen molar-refractivity contribution in [3.05, 3.63) is 30.1 Å². The van der Waals surface area contributed by atoms with Gasteiger partial charge in [0.15, 0.2) is 0 Å². The standard InChI is InChI=1S/C10H8F5NO/c11-9(12,4-5-10(13,14)15)8(17)7-3-1-2-6-16-7/h1-3,6H,4-5H2. The Bertz CT molecular complexity index is 387. The van der Waals surface area contributed by atoms with Crippen LogP contribution in [0.25, 0.3) is 0 Å². The number of ketones is 1. The van der Waals surface area contributed by atoms with Gasteiger partial charge in [0.2, 0.25) is 5.78 Å². The molecule has 2 nitrogen and oxygen atoms in total. The Labute approximate surface area is 93.5 Å². The Morgan fingerprint density at radius 2 is 1.76 bits per heavy atom. The third-order valence-corrected chi connectivity index (χ3v) is 1.95. The molecule has 0 aliphatic carbocycles. The van der Waals surface area contributed by atoms with Gasteiger partial charge in [-0.15, -0.1) is 0 Å². The molecule has 1 rings (SSSR count). The van der Waals surface area contributed by atoms with Crippen LogP contribution < -0.4 is 0 Å². The van der Waals surface area contributed by atoms with Crippen LogP contribution in [0.2, 0.25) is 0 Å². The Kier molecular flexibility index (Phi) is 3.79. The first-order valence-corrected chi connectivity index (χ1v) is 4.63. The number of Topliss-reactive ketones (excluding diaryl/α,β-unsaturated/α-hetero) is 1. The Morgan fingerprint density at radius 1 is 1.12 bits per heavy atom. The number of carbonyl (C=O) groups is 1. The van der Waals surface area contributed by atoms with Gasteiger partial charge in [0.1, 0.15) is 5.69 Å². The van der Waals surface area contributed by atoms with Crippen molar-refractivity contribution in [1.29, 1.82) is 0 Å². The summed E-state index contributed by atoms with van der Waals surface area (Å²) < 4.78 is 61.7. The van der Waals surface area contributed by atoms with Crippen LogP contribution in [-0.4, -0.2) is 22.9 Å². The number of carbonyl (C=O) groups excluding carboxylic acids is 1. The molecule has 0 aromatic carbocycles. The summed E-state index contributed by atoms with van der Waals surface area (Å²) in [5.41, 5.74) is -0.542. The van der Waals surface area contributed by atoms with E-state index in [0.717, 1.165) is 12.3 Å². The number of rotatable bonds is 4. The van der Waals surface area contributed by atoms with Gasteiger partial charge >= 0.3 is 12.1 Å². The highest BCUT2D eigenvalue weighted by molar-refractivity contribution is 5.99. The molecule has 0 radical (unpaired) electrons. The zero-order valence-electron chi connectivity index (χ0n) is 8.47. The summed E-state index contributed by atoms with van der Waals surface area (Å²) in [4.78, 5) is 14.6. The Morgan fingerprint density at radius 3 is 2.24 bits per heavy atom. The van der Waals surface area contributed by atoms with E-state index in [9.17, 15) is 26.7 Å². The lowest BCUT2D eigenvalue weighted by Crippen LogP contribution is -2.31. The topological polar surface area (TPSA) is 30.0 Å². The molecule has 0 bridgehead atoms. The van der Waals surface area contributed by atoms with Crippen molar-refractivity contribution in [3.63, 3.8) is 0 Å². The number of nitrogens with zero attached hydrogens (tertiary/aromatic N) is 1. The van der Waals surface area contributed by atoms with Crippen LogP contribution in [0.4, 0.5) is 22.0 Å². The lowest BCUT2D eigenvalue weighted by molar-refractivity contribution is -0.146. The summed E-state index contributed by atoms with van der Waals surface area (Å²) in [5, 5.41) is 0. The fourth-order valence-corrected chi connectivity index (χ4v) is 1.10. The van der Waals surface area contributed by atoms with Crippen molar-refractivity contribution < 1.29 is 26.7 Å². The number of hydrogen-bond donors (Lipinski definition) is 0. The molecule has 1 heterocycles. The lowest BCUT2D eigenvalue weighted by Gasteiger charge is -2.15. The van der Waals surface area contributed by atoms with E-state index in [4.69, 9.17) is 0 Å². The molecule has 0 aliphatic heterocycles. The smallest absolute Gasteiger partial charge is 0.286 e. The first-order chi connectivity index (χ1) is 7.72. The molecular weight excluding hydrogens is 245 g/mol. The van der Waals surface area contributed by atoms with Crippen LogP contribution in [0.1, 0.15) is 23.3 Å². The van der Waals surface area contributed by atoms with Crippen molar-refractivity contribution in [1.82, 2.24) is 4.98 Å². The molecule has 0 unspecified atom stereocenters. The Balaban J connectivity index is 2.74. The van der Waals surface area contributed by atoms with Gasteiger partial charge in [-0.2, -0.15) is 22.0 Å². The minimum absolute atomic E-state index is 0.542. The molecule has 0 atom stereocenters. The fraction of sp³-hybridized carbons (Fsp3) is 0.400. The number of aromatic nitrogens is 1. The zero-order valence-corrected chi connectivity index (χ0v) is 8.47. The Hall–Kier alpha value is -1.53. The number of hydrogen-bond acceptors (Lipinski definition) is 2. The molecule has 0 N–H and O–H groups in total. The molecular formula is C10H8F5NO. The van der Waals surface area contributed by atoms with E-state index in [1.54, 1.807) is 0 Å². The molecule has 0 spiro atoms. The van der Waals surface area contributed by atoms with Gasteiger partial charge in [-0.05, 0) is 12.1 Å². The summed E-state index contributed by atoms with van der Waals surface area (Å²) in [7, 11) is 0. The van der Waals surface area contributed by atoms with Crippen LogP contribution in [-0.2, 0) is 0 Å². The lowest BCUT2D eigenvalue weighted by atomic mass is 10.1. The minimum atomic E-state index is -4.71. The van der Waals surface area contributed by atoms with Gasteiger partial charge in [0, 0.05) is 19.0 Å². The second kappa shape index (κ2) is 4.77. The monoisotopic (exact) mass is 253 g/mol. The maximum Gasteiger partial charge on any atom is 0.389 e. The van der Waals surface area contributed by atoms with Crippen molar-refractivity contribution in [2.75, 3.05) is 0 Å². The average molecular weight is 253 g/mol. The third kappa shape index (κ3) is 4.08. The average Bonchev–Trinajstić information content (AvgIpc) is 2.26. The largest absolute Gasteiger partial charge is 0.389 e. The summed E-state index contributed by atoms with van der Waals surface area (Å²) >= 11 is 0. The number of pyridine rings is 1. The van der Waals surface area contributed by atoms with Gasteiger partial charge in [-0.1, -0.05) is 6.07 Å². The highest BCUT2D eigenvalue weighted by Gasteiger charge is 2.43. The van der Waals surface area contributed by atoms with Gasteiger partial charge in [-0.25, -0.2) is 0 Å². The van der Waals surface area contributed by atoms with Gasteiger partial charge in [0.05, 0.1) is 0 Å². The molecule has 1 aromatic heterocycles. The predicted molar refractivity (Wildman–Crippen MR) is 48.8 cm³/mol. The van der Waals surface area contributed by atoms with Gasteiger partial charge in [0.25, 0.3) is 0 Å². The van der Waals surface area contributed by atoms with E-state index in [-0.39, 0.29) is 0 Å². The molecule has 94 valence electrons. The van der Waals surface area contributed by atoms with Crippen LogP contribution in [0.5, 0.6) is 0 Å². The SMILES string of the molecule is O=C(c1ccccn1)C(F)(F)CCC(F)(F)F. The van der Waals surface area contributed by atoms with E-state index in [1.165, 1.54) is 12.1 Å². The molecule has 1 aromatic rings. The molecule has 0 saturated heterocycles. The summed E-state index contributed by atoms with van der Waals surface area (Å²) in [6.07, 6.45) is -6.87. The van der Waals surface area contributed by atoms with Crippen LogP contribution in [0, 0.1) is 0 Å². The van der Waals surface area contributed by atoms with Crippen molar-refractivity contribution in [3.8, 4) is 0 Å². The first kappa shape index (κ1) is 13.5. The van der Waals surface area contributed by atoms with Crippen LogP contribution >= 0.6 is 0 Å². The normalized spacial score (nSPS) is 12.5. The second-order valence-electron chi connectivity index (χ2n) is 3.36. The van der Waals surface area contributed by atoms with Crippen LogP contribution in [0.3, 0.4) is 0 Å². The van der Waals surface area contributed by atoms with Gasteiger partial charge in [-0.3, -0.25) is 9.78 Å². The van der Waals surface area contributed by atoms with Crippen molar-refractivity contribution >= 4 is 5.78 Å². The first-order valence-electron chi connectivity index (χ1n) is 4.63. The highest BCUT2D eigenvalue weighted by Crippen LogP contribution is 2.31. The fourth-order valence-electron chi connectivity index (χ4n) is 1.10. The van der Waals surface area contributed by atoms with E-state index in [2.05, 4.69) is 4.98 Å². The molecule has 0 saturated carbocycles. The summed E-state index contributed by atoms with van der Waals surface area (Å²) in [5.74, 6) is -5.74. The second-order valence-corrected chi connectivity index (χ2v) is 3.36. The van der Waals surface area contributed by atoms with E-state index in [0.29, 0.717) is 0 Å². The molecule has 0 fully saturated rings. The third-order valence-electron chi connectivity index (χ3n) is 1.95. The zero-order chi connectivity index (χ0) is 13.1. The van der Waals surface area contributed by atoms with E-state index in [1.807, 2.05) is 0 Å². The van der Waals surface area contributed by atoms with Crippen LogP contribution in [0.15, 0.2) is 24.4 Å². The summed E-state index contributed by atoms with van der Waals surface area (Å²) in [6.45, 7) is 0. The predicted octanol–water partition coefficient (Wildman–Crippen LogP) is 3.24. The van der Waals surface area contributed by atoms with Crippen molar-refractivity contribution in [2.45, 2.75) is 24.9 Å².